The van der Waals surface area contributed by atoms with E-state index in [1.54, 1.807) is 24.3 Å². The van der Waals surface area contributed by atoms with Gasteiger partial charge in [-0.1, -0.05) is 24.3 Å². The molecule has 0 atom stereocenters. The van der Waals surface area contributed by atoms with Gasteiger partial charge in [0.2, 0.25) is 0 Å². The molecule has 154 valence electrons. The van der Waals surface area contributed by atoms with Crippen molar-refractivity contribution in [3.05, 3.63) is 59.7 Å². The third kappa shape index (κ3) is 12.0. The summed E-state index contributed by atoms with van der Waals surface area (Å²) in [6, 6.07) is 6.73. The number of nitrogens with two attached hydrogens (primary N) is 1. The number of rotatable bonds is 6. The summed E-state index contributed by atoms with van der Waals surface area (Å²) in [4.78, 5) is 19.5. The number of aromatic nitrogens is 2. The number of carbonyl (C=O) groups is 1. The van der Waals surface area contributed by atoms with Gasteiger partial charge in [-0.3, -0.25) is 9.78 Å². The fourth-order valence-electron chi connectivity index (χ4n) is 1.73. The van der Waals surface area contributed by atoms with Crippen molar-refractivity contribution in [2.24, 2.45) is 5.73 Å². The smallest absolute Gasteiger partial charge is 0.367 e. The van der Waals surface area contributed by atoms with Gasteiger partial charge < -0.3 is 15.8 Å². The molecule has 0 radical (unpaired) electrons. The highest BCUT2D eigenvalue weighted by atomic mass is 19.4. The number of halogens is 3. The van der Waals surface area contributed by atoms with E-state index >= 15 is 0 Å². The number of hydrogen-bond donors (Lipinski definition) is 2. The summed E-state index contributed by atoms with van der Waals surface area (Å²) < 4.78 is 40.5. The first-order valence-corrected chi connectivity index (χ1v) is 8.49. The Morgan fingerprint density at radius 3 is 2.18 bits per heavy atom. The molecule has 2 rings (SSSR count). The molecule has 1 amide bonds. The van der Waals surface area contributed by atoms with Crippen LogP contribution in [0, 0.1) is 0 Å². The van der Waals surface area contributed by atoms with Crippen LogP contribution < -0.4 is 11.1 Å². The van der Waals surface area contributed by atoms with E-state index in [4.69, 9.17) is 5.73 Å². The molecule has 0 saturated heterocycles. The summed E-state index contributed by atoms with van der Waals surface area (Å²) >= 11 is 0. The van der Waals surface area contributed by atoms with Crippen LogP contribution in [0.4, 0.5) is 13.2 Å². The fraction of sp³-hybridized carbons (Fsp3) is 0.421. The molecule has 1 aromatic heterocycles. The van der Waals surface area contributed by atoms with Crippen molar-refractivity contribution in [1.82, 2.24) is 15.3 Å². The lowest BCUT2D eigenvalue weighted by Gasteiger charge is -2.08. The zero-order valence-corrected chi connectivity index (χ0v) is 16.1. The van der Waals surface area contributed by atoms with E-state index in [-0.39, 0.29) is 30.3 Å². The molecule has 0 saturated carbocycles. The molecule has 1 heterocycles. The summed E-state index contributed by atoms with van der Waals surface area (Å²) in [5.41, 5.74) is 7.00. The molecule has 6 nitrogen and oxygen atoms in total. The Bertz CT molecular complexity index is 709. The van der Waals surface area contributed by atoms with Crippen molar-refractivity contribution < 1.29 is 22.7 Å². The topological polar surface area (TPSA) is 90.1 Å². The molecule has 0 spiro atoms. The third-order valence-corrected chi connectivity index (χ3v) is 2.81. The molecular weight excluding hydrogens is 373 g/mol. The van der Waals surface area contributed by atoms with Gasteiger partial charge in [0.15, 0.2) is 0 Å². The fourth-order valence-corrected chi connectivity index (χ4v) is 1.73. The van der Waals surface area contributed by atoms with E-state index < -0.39 is 12.8 Å². The van der Waals surface area contributed by atoms with Gasteiger partial charge >= 0.3 is 6.18 Å². The van der Waals surface area contributed by atoms with Crippen molar-refractivity contribution in [1.29, 1.82) is 0 Å². The molecule has 0 aliphatic heterocycles. The second-order valence-corrected chi connectivity index (χ2v) is 7.06. The Morgan fingerprint density at radius 2 is 1.68 bits per heavy atom. The average molecular weight is 398 g/mol. The Kier molecular flexibility index (Phi) is 9.01. The van der Waals surface area contributed by atoms with E-state index in [0.717, 1.165) is 5.56 Å². The first kappa shape index (κ1) is 23.5. The van der Waals surface area contributed by atoms with Crippen LogP contribution in [0.5, 0.6) is 0 Å². The van der Waals surface area contributed by atoms with E-state index in [1.165, 1.54) is 18.6 Å². The second-order valence-electron chi connectivity index (χ2n) is 7.06. The van der Waals surface area contributed by atoms with E-state index in [9.17, 15) is 18.0 Å². The maximum absolute atomic E-state index is 12.0. The SMILES string of the molecule is CC(C)(C)N.O=C(NCc1ccc(COCC(F)(F)F)cc1)c1cnccn1. The lowest BCUT2D eigenvalue weighted by atomic mass is 10.1. The van der Waals surface area contributed by atoms with Crippen LogP contribution in [0.25, 0.3) is 0 Å². The van der Waals surface area contributed by atoms with Crippen molar-refractivity contribution in [2.45, 2.75) is 45.6 Å². The van der Waals surface area contributed by atoms with E-state index in [2.05, 4.69) is 20.0 Å². The van der Waals surface area contributed by atoms with Crippen molar-refractivity contribution in [3.63, 3.8) is 0 Å². The van der Waals surface area contributed by atoms with Crippen LogP contribution in [-0.2, 0) is 17.9 Å². The molecule has 3 N–H and O–H groups in total. The Balaban J connectivity index is 0.000000696. The zero-order valence-electron chi connectivity index (χ0n) is 16.1. The first-order chi connectivity index (χ1) is 12.9. The standard InChI is InChI=1S/C15H14F3N3O2.C4H11N/c16-15(17,18)10-23-9-12-3-1-11(2-4-12)7-21-14(22)13-8-19-5-6-20-13;1-4(2,3)5/h1-6,8H,7,9-10H2,(H,21,22);5H2,1-3H3. The minimum absolute atomic E-state index is 0. The number of alkyl halides is 3. The second kappa shape index (κ2) is 10.7. The molecule has 0 aliphatic carbocycles. The molecular formula is C19H25F3N4O2. The molecule has 0 aliphatic rings. The maximum atomic E-state index is 12.0. The molecule has 0 fully saturated rings. The molecule has 28 heavy (non-hydrogen) atoms. The van der Waals surface area contributed by atoms with Crippen LogP contribution in [0.15, 0.2) is 42.9 Å². The summed E-state index contributed by atoms with van der Waals surface area (Å²) in [5.74, 6) is -0.351. The maximum Gasteiger partial charge on any atom is 0.411 e. The van der Waals surface area contributed by atoms with Crippen LogP contribution in [0.2, 0.25) is 0 Å². The van der Waals surface area contributed by atoms with Gasteiger partial charge in [0, 0.05) is 24.5 Å². The van der Waals surface area contributed by atoms with Crippen molar-refractivity contribution in [3.8, 4) is 0 Å². The summed E-state index contributed by atoms with van der Waals surface area (Å²) in [6.07, 6.45) is -0.0814. The largest absolute Gasteiger partial charge is 0.411 e. The molecule has 1 aromatic carbocycles. The molecule has 9 heteroatoms. The number of hydrogen-bond acceptors (Lipinski definition) is 5. The van der Waals surface area contributed by atoms with Crippen LogP contribution in [-0.4, -0.2) is 34.2 Å². The van der Waals surface area contributed by atoms with Gasteiger partial charge in [-0.25, -0.2) is 4.98 Å². The highest BCUT2D eigenvalue weighted by Gasteiger charge is 2.27. The number of amides is 1. The van der Waals surface area contributed by atoms with Gasteiger partial charge in [-0.15, -0.1) is 0 Å². The summed E-state index contributed by atoms with van der Waals surface area (Å²) in [7, 11) is 0. The predicted octanol–water partition coefficient (Wildman–Crippen LogP) is 3.23. The zero-order chi connectivity index (χ0) is 21.2. The highest BCUT2D eigenvalue weighted by Crippen LogP contribution is 2.15. The van der Waals surface area contributed by atoms with Crippen molar-refractivity contribution in [2.75, 3.05) is 6.61 Å². The quantitative estimate of drug-likeness (QED) is 0.780. The lowest BCUT2D eigenvalue weighted by Crippen LogP contribution is -2.26. The minimum atomic E-state index is -4.33. The normalized spacial score (nSPS) is 11.4. The number of nitrogens with one attached hydrogen (secondary N) is 1. The van der Waals surface area contributed by atoms with Gasteiger partial charge in [-0.05, 0) is 31.9 Å². The minimum Gasteiger partial charge on any atom is -0.367 e. The predicted molar refractivity (Wildman–Crippen MR) is 99.3 cm³/mol. The number of benzene rings is 1. The average Bonchev–Trinajstić information content (AvgIpc) is 2.59. The number of ether oxygens (including phenoxy) is 1. The first-order valence-electron chi connectivity index (χ1n) is 8.49. The summed E-state index contributed by atoms with van der Waals surface area (Å²) in [6.45, 7) is 4.78. The van der Waals surface area contributed by atoms with Gasteiger partial charge in [-0.2, -0.15) is 13.2 Å². The number of nitrogens with zero attached hydrogens (tertiary/aromatic N) is 2. The van der Waals surface area contributed by atoms with Crippen molar-refractivity contribution >= 4 is 5.91 Å². The Hall–Kier alpha value is -2.52. The van der Waals surface area contributed by atoms with E-state index in [0.29, 0.717) is 5.56 Å². The van der Waals surface area contributed by atoms with Crippen LogP contribution >= 0.6 is 0 Å². The number of carbonyl (C=O) groups excluding carboxylic acids is 1. The highest BCUT2D eigenvalue weighted by molar-refractivity contribution is 5.91. The Morgan fingerprint density at radius 1 is 1.11 bits per heavy atom. The van der Waals surface area contributed by atoms with Gasteiger partial charge in [0.25, 0.3) is 5.91 Å². The summed E-state index contributed by atoms with van der Waals surface area (Å²) in [5, 5.41) is 2.68. The van der Waals surface area contributed by atoms with E-state index in [1.807, 2.05) is 20.8 Å². The molecule has 0 unspecified atom stereocenters. The molecule has 0 bridgehead atoms. The van der Waals surface area contributed by atoms with Crippen LogP contribution in [0.1, 0.15) is 42.4 Å². The van der Waals surface area contributed by atoms with Gasteiger partial charge in [0.05, 0.1) is 12.8 Å². The van der Waals surface area contributed by atoms with Crippen LogP contribution in [0.3, 0.4) is 0 Å². The molecule has 2 aromatic rings. The lowest BCUT2D eigenvalue weighted by molar-refractivity contribution is -0.176. The Labute approximate surface area is 162 Å². The van der Waals surface area contributed by atoms with Gasteiger partial charge in [0.1, 0.15) is 12.3 Å². The third-order valence-electron chi connectivity index (χ3n) is 2.81. The monoisotopic (exact) mass is 398 g/mol.